The van der Waals surface area contributed by atoms with E-state index in [1.165, 1.54) is 12.0 Å². The summed E-state index contributed by atoms with van der Waals surface area (Å²) in [6.07, 6.45) is -2.46. The summed E-state index contributed by atoms with van der Waals surface area (Å²) < 4.78 is 29.3. The molecule has 4 nitrogen and oxygen atoms in total. The average molecular weight is 273 g/mol. The second-order valence-electron chi connectivity index (χ2n) is 4.04. The molecule has 0 aliphatic carbocycles. The summed E-state index contributed by atoms with van der Waals surface area (Å²) in [5.74, 6) is -0.468. The molecule has 0 aliphatic rings. The normalized spacial score (nSPS) is 11.1. The molecule has 0 bridgehead atoms. The highest BCUT2D eigenvalue weighted by atomic mass is 19.3. The Morgan fingerprint density at radius 2 is 2.21 bits per heavy atom. The Kier molecular flexibility index (Phi) is 6.38. The molecule has 0 spiro atoms. The van der Waals surface area contributed by atoms with E-state index in [4.69, 9.17) is 5.11 Å². The van der Waals surface area contributed by atoms with Crippen molar-refractivity contribution in [3.63, 3.8) is 0 Å². The lowest BCUT2D eigenvalue weighted by Crippen LogP contribution is -2.31. The molecule has 0 unspecified atom stereocenters. The third-order valence-electron chi connectivity index (χ3n) is 2.57. The average Bonchev–Trinajstić information content (AvgIpc) is 2.37. The third-order valence-corrected chi connectivity index (χ3v) is 2.57. The van der Waals surface area contributed by atoms with Gasteiger partial charge in [-0.15, -0.1) is 0 Å². The Morgan fingerprint density at radius 1 is 1.47 bits per heavy atom. The van der Waals surface area contributed by atoms with Gasteiger partial charge >= 0.3 is 5.97 Å². The van der Waals surface area contributed by atoms with Crippen LogP contribution in [0.4, 0.5) is 8.78 Å². The molecule has 1 rings (SSSR count). The molecule has 0 saturated heterocycles. The molecule has 0 atom stereocenters. The van der Waals surface area contributed by atoms with Crippen molar-refractivity contribution in [1.29, 1.82) is 0 Å². The standard InChI is InChI=1S/C13H17F2NO3/c1-19-13(18)11-4-2-3-10(7-11)8-16(5-6-17)9-12(14)15/h2-4,7,12,17H,5-6,8-9H2,1H3. The molecule has 1 N–H and O–H groups in total. The van der Waals surface area contributed by atoms with E-state index in [9.17, 15) is 13.6 Å². The summed E-state index contributed by atoms with van der Waals surface area (Å²) in [7, 11) is 1.28. The van der Waals surface area contributed by atoms with Crippen LogP contribution in [0.2, 0.25) is 0 Å². The summed E-state index contributed by atoms with van der Waals surface area (Å²) in [5.41, 5.74) is 1.10. The zero-order chi connectivity index (χ0) is 14.3. The van der Waals surface area contributed by atoms with Gasteiger partial charge in [0.25, 0.3) is 6.43 Å². The van der Waals surface area contributed by atoms with Gasteiger partial charge in [-0.2, -0.15) is 0 Å². The summed E-state index contributed by atoms with van der Waals surface area (Å²) >= 11 is 0. The summed E-state index contributed by atoms with van der Waals surface area (Å²) in [6.45, 7) is -0.199. The Balaban J connectivity index is 2.75. The van der Waals surface area contributed by atoms with Crippen LogP contribution in [-0.2, 0) is 11.3 Å². The van der Waals surface area contributed by atoms with E-state index < -0.39 is 18.9 Å². The lowest BCUT2D eigenvalue weighted by atomic mass is 10.1. The maximum atomic E-state index is 12.4. The molecule has 106 valence electrons. The van der Waals surface area contributed by atoms with E-state index in [-0.39, 0.29) is 19.7 Å². The Bertz CT molecular complexity index is 413. The smallest absolute Gasteiger partial charge is 0.337 e. The number of aliphatic hydroxyl groups excluding tert-OH is 1. The quantitative estimate of drug-likeness (QED) is 0.765. The number of halogens is 2. The van der Waals surface area contributed by atoms with E-state index >= 15 is 0 Å². The highest BCUT2D eigenvalue weighted by Gasteiger charge is 2.13. The van der Waals surface area contributed by atoms with Crippen LogP contribution < -0.4 is 0 Å². The maximum absolute atomic E-state index is 12.4. The number of methoxy groups -OCH3 is 1. The van der Waals surface area contributed by atoms with E-state index in [0.717, 1.165) is 5.56 Å². The molecule has 1 aromatic carbocycles. The lowest BCUT2D eigenvalue weighted by molar-refractivity contribution is 0.0598. The Morgan fingerprint density at radius 3 is 2.79 bits per heavy atom. The minimum Gasteiger partial charge on any atom is -0.465 e. The largest absolute Gasteiger partial charge is 0.465 e. The van der Waals surface area contributed by atoms with Crippen molar-refractivity contribution in [3.8, 4) is 0 Å². The molecule has 0 radical (unpaired) electrons. The second-order valence-corrected chi connectivity index (χ2v) is 4.04. The van der Waals surface area contributed by atoms with Crippen LogP contribution in [0, 0.1) is 0 Å². The predicted octanol–water partition coefficient (Wildman–Crippen LogP) is 1.53. The first-order valence-electron chi connectivity index (χ1n) is 5.85. The van der Waals surface area contributed by atoms with Crippen LogP contribution in [0.25, 0.3) is 0 Å². The first-order valence-corrected chi connectivity index (χ1v) is 5.85. The van der Waals surface area contributed by atoms with Crippen LogP contribution in [0.3, 0.4) is 0 Å². The SMILES string of the molecule is COC(=O)c1cccc(CN(CCO)CC(F)F)c1. The van der Waals surface area contributed by atoms with Gasteiger partial charge in [0, 0.05) is 13.1 Å². The molecule has 0 fully saturated rings. The van der Waals surface area contributed by atoms with Crippen LogP contribution in [0.15, 0.2) is 24.3 Å². The lowest BCUT2D eigenvalue weighted by Gasteiger charge is -2.20. The van der Waals surface area contributed by atoms with Gasteiger partial charge < -0.3 is 9.84 Å². The van der Waals surface area contributed by atoms with Crippen molar-refractivity contribution in [3.05, 3.63) is 35.4 Å². The van der Waals surface area contributed by atoms with Crippen molar-refractivity contribution in [2.45, 2.75) is 13.0 Å². The van der Waals surface area contributed by atoms with Gasteiger partial charge in [-0.1, -0.05) is 12.1 Å². The molecular formula is C13H17F2NO3. The first kappa shape index (κ1) is 15.5. The number of ether oxygens (including phenoxy) is 1. The number of rotatable bonds is 7. The summed E-state index contributed by atoms with van der Waals surface area (Å²) in [4.78, 5) is 12.8. The molecule has 0 aliphatic heterocycles. The van der Waals surface area contributed by atoms with Crippen LogP contribution in [0.5, 0.6) is 0 Å². The third kappa shape index (κ3) is 5.32. The number of hydrogen-bond donors (Lipinski definition) is 1. The number of alkyl halides is 2. The number of aliphatic hydroxyl groups is 1. The fourth-order valence-corrected chi connectivity index (χ4v) is 1.74. The van der Waals surface area contributed by atoms with Crippen molar-refractivity contribution >= 4 is 5.97 Å². The van der Waals surface area contributed by atoms with Gasteiger partial charge in [-0.3, -0.25) is 4.90 Å². The number of nitrogens with zero attached hydrogens (tertiary/aromatic N) is 1. The molecule has 0 aromatic heterocycles. The zero-order valence-electron chi connectivity index (χ0n) is 10.7. The van der Waals surface area contributed by atoms with Gasteiger partial charge in [-0.05, 0) is 17.7 Å². The van der Waals surface area contributed by atoms with Gasteiger partial charge in [0.2, 0.25) is 0 Å². The second kappa shape index (κ2) is 7.81. The van der Waals surface area contributed by atoms with Gasteiger partial charge in [-0.25, -0.2) is 13.6 Å². The molecule has 6 heteroatoms. The summed E-state index contributed by atoms with van der Waals surface area (Å²) in [5, 5.41) is 8.85. The Labute approximate surface area is 110 Å². The summed E-state index contributed by atoms with van der Waals surface area (Å²) in [6, 6.07) is 6.60. The van der Waals surface area contributed by atoms with E-state index in [1.807, 2.05) is 0 Å². The minimum absolute atomic E-state index is 0.160. The fraction of sp³-hybridized carbons (Fsp3) is 0.462. The van der Waals surface area contributed by atoms with Crippen LogP contribution in [0.1, 0.15) is 15.9 Å². The number of hydrogen-bond acceptors (Lipinski definition) is 4. The molecule has 19 heavy (non-hydrogen) atoms. The monoisotopic (exact) mass is 273 g/mol. The molecular weight excluding hydrogens is 256 g/mol. The highest BCUT2D eigenvalue weighted by molar-refractivity contribution is 5.89. The number of carbonyl (C=O) groups is 1. The predicted molar refractivity (Wildman–Crippen MR) is 66.1 cm³/mol. The van der Waals surface area contributed by atoms with Gasteiger partial charge in [0.05, 0.1) is 25.8 Å². The van der Waals surface area contributed by atoms with Crippen LogP contribution >= 0.6 is 0 Å². The van der Waals surface area contributed by atoms with E-state index in [1.54, 1.807) is 24.3 Å². The maximum Gasteiger partial charge on any atom is 0.337 e. The molecule has 0 saturated carbocycles. The van der Waals surface area contributed by atoms with Crippen molar-refractivity contribution in [1.82, 2.24) is 4.90 Å². The topological polar surface area (TPSA) is 49.8 Å². The van der Waals surface area contributed by atoms with Gasteiger partial charge in [0.15, 0.2) is 0 Å². The highest BCUT2D eigenvalue weighted by Crippen LogP contribution is 2.10. The van der Waals surface area contributed by atoms with Crippen LogP contribution in [-0.4, -0.2) is 49.2 Å². The minimum atomic E-state index is -2.46. The van der Waals surface area contributed by atoms with Crippen molar-refractivity contribution in [2.75, 3.05) is 26.8 Å². The van der Waals surface area contributed by atoms with Gasteiger partial charge in [0.1, 0.15) is 0 Å². The molecule has 0 amide bonds. The first-order chi connectivity index (χ1) is 9.06. The number of benzene rings is 1. The number of carbonyl (C=O) groups excluding carboxylic acids is 1. The van der Waals surface area contributed by atoms with Crippen molar-refractivity contribution < 1.29 is 23.4 Å². The van der Waals surface area contributed by atoms with E-state index in [0.29, 0.717) is 5.56 Å². The Hall–Kier alpha value is -1.53. The fourth-order valence-electron chi connectivity index (χ4n) is 1.74. The molecule has 1 aromatic rings. The van der Waals surface area contributed by atoms with Crippen molar-refractivity contribution in [2.24, 2.45) is 0 Å². The number of esters is 1. The molecule has 0 heterocycles. The van der Waals surface area contributed by atoms with E-state index in [2.05, 4.69) is 4.74 Å². The zero-order valence-corrected chi connectivity index (χ0v) is 10.7.